The van der Waals surface area contributed by atoms with Gasteiger partial charge in [0.2, 0.25) is 0 Å². The Morgan fingerprint density at radius 2 is 2.45 bits per heavy atom. The van der Waals surface area contributed by atoms with Crippen molar-refractivity contribution in [1.82, 2.24) is 9.80 Å². The number of nitrogens with zero attached hydrogens (tertiary/aromatic N) is 3. The summed E-state index contributed by atoms with van der Waals surface area (Å²) in [4.78, 5) is 4.01. The SMILES string of the molecule is CN1CC2OC2C2C1N2C#N. The van der Waals surface area contributed by atoms with Gasteiger partial charge in [-0.05, 0) is 7.05 Å². The molecule has 0 spiro atoms. The van der Waals surface area contributed by atoms with E-state index in [0.717, 1.165) is 6.54 Å². The van der Waals surface area contributed by atoms with Crippen LogP contribution in [0.1, 0.15) is 0 Å². The second-order valence-electron chi connectivity index (χ2n) is 3.49. The van der Waals surface area contributed by atoms with E-state index in [1.807, 2.05) is 11.9 Å². The third-order valence-electron chi connectivity index (χ3n) is 2.82. The normalized spacial score (nSPS) is 52.5. The van der Waals surface area contributed by atoms with Gasteiger partial charge in [0.15, 0.2) is 6.19 Å². The predicted molar refractivity (Wildman–Crippen MR) is 36.3 cm³/mol. The number of piperidine rings is 1. The molecule has 3 saturated heterocycles. The number of nitriles is 1. The van der Waals surface area contributed by atoms with Gasteiger partial charge >= 0.3 is 0 Å². The summed E-state index contributed by atoms with van der Waals surface area (Å²) in [7, 11) is 2.05. The molecule has 0 aliphatic carbocycles. The molecule has 3 aliphatic heterocycles. The quantitative estimate of drug-likeness (QED) is 0.335. The molecule has 11 heavy (non-hydrogen) atoms. The van der Waals surface area contributed by atoms with Crippen LogP contribution >= 0.6 is 0 Å². The van der Waals surface area contributed by atoms with Crippen LogP contribution in [0.4, 0.5) is 0 Å². The van der Waals surface area contributed by atoms with Gasteiger partial charge in [-0.15, -0.1) is 0 Å². The number of likely N-dealkylation sites (tertiary alicyclic amines) is 1. The van der Waals surface area contributed by atoms with Crippen LogP contribution in [0, 0.1) is 11.5 Å². The second kappa shape index (κ2) is 1.52. The molecule has 0 aromatic carbocycles. The van der Waals surface area contributed by atoms with Crippen molar-refractivity contribution in [3.05, 3.63) is 0 Å². The highest BCUT2D eigenvalue weighted by Crippen LogP contribution is 2.46. The van der Waals surface area contributed by atoms with E-state index in [1.54, 1.807) is 0 Å². The van der Waals surface area contributed by atoms with E-state index in [-0.39, 0.29) is 0 Å². The Morgan fingerprint density at radius 3 is 3.18 bits per heavy atom. The van der Waals surface area contributed by atoms with Crippen LogP contribution in [0.5, 0.6) is 0 Å². The van der Waals surface area contributed by atoms with Gasteiger partial charge in [-0.3, -0.25) is 9.80 Å². The van der Waals surface area contributed by atoms with Crippen molar-refractivity contribution >= 4 is 0 Å². The van der Waals surface area contributed by atoms with Crippen molar-refractivity contribution in [1.29, 1.82) is 5.26 Å². The van der Waals surface area contributed by atoms with Crippen LogP contribution in [0.15, 0.2) is 0 Å². The Bertz CT molecular complexity index is 245. The molecule has 3 aliphatic rings. The molecular weight excluding hydrogens is 142 g/mol. The van der Waals surface area contributed by atoms with E-state index in [9.17, 15) is 0 Å². The van der Waals surface area contributed by atoms with Crippen LogP contribution in [-0.4, -0.2) is 47.8 Å². The van der Waals surface area contributed by atoms with Crippen molar-refractivity contribution in [3.8, 4) is 6.19 Å². The summed E-state index contributed by atoms with van der Waals surface area (Å²) in [5.74, 6) is 0. The summed E-state index contributed by atoms with van der Waals surface area (Å²) >= 11 is 0. The first kappa shape index (κ1) is 5.81. The first-order valence-corrected chi connectivity index (χ1v) is 3.86. The highest BCUT2D eigenvalue weighted by atomic mass is 16.6. The fourth-order valence-electron chi connectivity index (χ4n) is 2.16. The predicted octanol–water partition coefficient (Wildman–Crippen LogP) is -0.809. The van der Waals surface area contributed by atoms with E-state index < -0.39 is 0 Å². The van der Waals surface area contributed by atoms with Gasteiger partial charge in [-0.1, -0.05) is 0 Å². The summed E-state index contributed by atoms with van der Waals surface area (Å²) in [5.41, 5.74) is 0. The summed E-state index contributed by atoms with van der Waals surface area (Å²) in [5, 5.41) is 8.68. The van der Waals surface area contributed by atoms with Gasteiger partial charge in [-0.2, -0.15) is 5.26 Å². The number of hydrogen-bond donors (Lipinski definition) is 0. The molecule has 4 unspecified atom stereocenters. The lowest BCUT2D eigenvalue weighted by atomic mass is 10.1. The molecule has 0 amide bonds. The van der Waals surface area contributed by atoms with Gasteiger partial charge in [0.1, 0.15) is 18.3 Å². The minimum atomic E-state index is 0.351. The summed E-state index contributed by atoms with van der Waals surface area (Å²) < 4.78 is 5.40. The molecule has 0 N–H and O–H groups in total. The Kier molecular flexibility index (Phi) is 0.803. The third-order valence-corrected chi connectivity index (χ3v) is 2.82. The molecule has 3 rings (SSSR count). The van der Waals surface area contributed by atoms with E-state index in [1.165, 1.54) is 0 Å². The van der Waals surface area contributed by atoms with Crippen molar-refractivity contribution in [3.63, 3.8) is 0 Å². The van der Waals surface area contributed by atoms with Crippen LogP contribution in [-0.2, 0) is 4.74 Å². The summed E-state index contributed by atoms with van der Waals surface area (Å²) in [6, 6.07) is 0.378. The van der Waals surface area contributed by atoms with E-state index >= 15 is 0 Å². The Morgan fingerprint density at radius 1 is 1.64 bits per heavy atom. The molecule has 0 aromatic rings. The zero-order valence-electron chi connectivity index (χ0n) is 6.27. The molecule has 3 fully saturated rings. The molecule has 0 bridgehead atoms. The minimum absolute atomic E-state index is 0.351. The number of ether oxygens (including phenoxy) is 1. The average molecular weight is 151 g/mol. The van der Waals surface area contributed by atoms with Crippen LogP contribution < -0.4 is 0 Å². The Hall–Kier alpha value is -0.790. The van der Waals surface area contributed by atoms with E-state index in [0.29, 0.717) is 24.4 Å². The second-order valence-corrected chi connectivity index (χ2v) is 3.49. The first-order valence-electron chi connectivity index (χ1n) is 3.86. The molecule has 0 aromatic heterocycles. The van der Waals surface area contributed by atoms with E-state index in [4.69, 9.17) is 10.00 Å². The number of fused-ring (bicyclic) bond motifs is 3. The van der Waals surface area contributed by atoms with Gasteiger partial charge < -0.3 is 4.74 Å². The lowest BCUT2D eigenvalue weighted by Gasteiger charge is -2.15. The maximum atomic E-state index is 8.68. The van der Waals surface area contributed by atoms with Gasteiger partial charge in [0.05, 0.1) is 6.10 Å². The zero-order chi connectivity index (χ0) is 7.59. The number of rotatable bonds is 0. The highest BCUT2D eigenvalue weighted by Gasteiger charge is 2.67. The zero-order valence-corrected chi connectivity index (χ0v) is 6.27. The lowest BCUT2D eigenvalue weighted by molar-refractivity contribution is 0.256. The largest absolute Gasteiger partial charge is 0.366 e. The summed E-state index contributed by atoms with van der Waals surface area (Å²) in [6.07, 6.45) is 3.32. The standard InChI is InChI=1S/C7H9N3O/c1-9-2-4-6(11-4)5-7(9)10(5)3-8/h4-7H,2H2,1H3. The molecule has 0 saturated carbocycles. The number of epoxide rings is 1. The maximum absolute atomic E-state index is 8.68. The average Bonchev–Trinajstić information content (AvgIpc) is 2.77. The van der Waals surface area contributed by atoms with Crippen molar-refractivity contribution < 1.29 is 4.74 Å². The van der Waals surface area contributed by atoms with Crippen LogP contribution in [0.2, 0.25) is 0 Å². The Labute approximate surface area is 64.9 Å². The Balaban J connectivity index is 1.86. The van der Waals surface area contributed by atoms with Gasteiger partial charge in [-0.25, -0.2) is 0 Å². The monoisotopic (exact) mass is 151 g/mol. The molecule has 0 radical (unpaired) electrons. The maximum Gasteiger partial charge on any atom is 0.181 e. The first-order chi connectivity index (χ1) is 5.33. The lowest BCUT2D eigenvalue weighted by Crippen LogP contribution is -2.34. The number of likely N-dealkylation sites (N-methyl/N-ethyl adjacent to an activating group) is 1. The molecule has 3 heterocycles. The van der Waals surface area contributed by atoms with Gasteiger partial charge in [0, 0.05) is 6.54 Å². The van der Waals surface area contributed by atoms with Crippen molar-refractivity contribution in [2.24, 2.45) is 0 Å². The molecular formula is C7H9N3O. The number of hydrogen-bond acceptors (Lipinski definition) is 4. The summed E-state index contributed by atoms with van der Waals surface area (Å²) in [6.45, 7) is 0.990. The molecule has 58 valence electrons. The third kappa shape index (κ3) is 0.561. The van der Waals surface area contributed by atoms with E-state index in [2.05, 4.69) is 11.1 Å². The highest BCUT2D eigenvalue weighted by molar-refractivity contribution is 5.20. The van der Waals surface area contributed by atoms with Crippen molar-refractivity contribution in [2.45, 2.75) is 24.4 Å². The topological polar surface area (TPSA) is 42.6 Å². The molecule has 4 atom stereocenters. The fraction of sp³-hybridized carbons (Fsp3) is 0.857. The minimum Gasteiger partial charge on any atom is -0.366 e. The van der Waals surface area contributed by atoms with Crippen LogP contribution in [0.3, 0.4) is 0 Å². The van der Waals surface area contributed by atoms with Crippen LogP contribution in [0.25, 0.3) is 0 Å². The smallest absolute Gasteiger partial charge is 0.181 e. The fourth-order valence-corrected chi connectivity index (χ4v) is 2.16. The molecule has 4 heteroatoms. The van der Waals surface area contributed by atoms with Gasteiger partial charge in [0.25, 0.3) is 0 Å². The van der Waals surface area contributed by atoms with Crippen molar-refractivity contribution in [2.75, 3.05) is 13.6 Å². The molecule has 4 nitrogen and oxygen atoms in total.